The maximum Gasteiger partial charge on any atom is 0.312 e. The van der Waals surface area contributed by atoms with Crippen LogP contribution in [-0.4, -0.2) is 27.9 Å². The van der Waals surface area contributed by atoms with E-state index < -0.39 is 29.6 Å². The molecule has 1 amide bonds. The number of rotatable bonds is 6. The van der Waals surface area contributed by atoms with Crippen LogP contribution in [0.5, 0.6) is 0 Å². The molecule has 0 aliphatic heterocycles. The minimum atomic E-state index is -1.11. The van der Waals surface area contributed by atoms with Crippen LogP contribution in [0.25, 0.3) is 10.6 Å². The van der Waals surface area contributed by atoms with Crippen LogP contribution in [-0.2, 0) is 20.7 Å². The number of ether oxygens (including phenoxy) is 1. The van der Waals surface area contributed by atoms with E-state index >= 15 is 0 Å². The van der Waals surface area contributed by atoms with Crippen molar-refractivity contribution in [3.8, 4) is 10.6 Å². The maximum atomic E-state index is 13.2. The number of hydrogen-bond acceptors (Lipinski definition) is 6. The third kappa shape index (κ3) is 4.95. The molecule has 3 rings (SSSR count). The van der Waals surface area contributed by atoms with Gasteiger partial charge in [0.25, 0.3) is 5.91 Å². The minimum Gasteiger partial charge on any atom is -0.452 e. The van der Waals surface area contributed by atoms with Crippen molar-refractivity contribution in [2.75, 3.05) is 5.32 Å². The summed E-state index contributed by atoms with van der Waals surface area (Å²) in [6.07, 6.45) is 2.12. The van der Waals surface area contributed by atoms with Gasteiger partial charge in [0, 0.05) is 35.1 Å². The summed E-state index contributed by atoms with van der Waals surface area (Å²) in [5.74, 6) is -3.40. The lowest BCUT2D eigenvalue weighted by Crippen LogP contribution is -2.30. The Labute approximate surface area is 163 Å². The second-order valence-corrected chi connectivity index (χ2v) is 6.67. The van der Waals surface area contributed by atoms with Crippen molar-refractivity contribution in [3.63, 3.8) is 0 Å². The Bertz CT molecular complexity index is 995. The zero-order chi connectivity index (χ0) is 20.1. The largest absolute Gasteiger partial charge is 0.452 e. The van der Waals surface area contributed by atoms with Crippen LogP contribution in [0.3, 0.4) is 0 Å². The molecule has 1 atom stereocenters. The van der Waals surface area contributed by atoms with Crippen LogP contribution in [0.15, 0.2) is 48.1 Å². The number of halogens is 2. The molecule has 0 unspecified atom stereocenters. The van der Waals surface area contributed by atoms with E-state index in [-0.39, 0.29) is 12.1 Å². The Kier molecular flexibility index (Phi) is 6.05. The van der Waals surface area contributed by atoms with Gasteiger partial charge in [0.15, 0.2) is 17.7 Å². The zero-order valence-corrected chi connectivity index (χ0v) is 15.5. The Morgan fingerprint density at radius 3 is 2.79 bits per heavy atom. The molecule has 144 valence electrons. The molecule has 1 aromatic carbocycles. The zero-order valence-electron chi connectivity index (χ0n) is 14.7. The summed E-state index contributed by atoms with van der Waals surface area (Å²) in [4.78, 5) is 32.5. The quantitative estimate of drug-likeness (QED) is 0.636. The number of carbonyl (C=O) groups excluding carboxylic acids is 2. The van der Waals surface area contributed by atoms with E-state index in [1.54, 1.807) is 23.8 Å². The molecular formula is C19H15F2N3O3S. The van der Waals surface area contributed by atoms with Crippen molar-refractivity contribution < 1.29 is 23.1 Å². The molecule has 0 saturated heterocycles. The van der Waals surface area contributed by atoms with Crippen molar-refractivity contribution in [2.24, 2.45) is 0 Å². The monoisotopic (exact) mass is 403 g/mol. The molecule has 0 aliphatic carbocycles. The van der Waals surface area contributed by atoms with Crippen LogP contribution in [0, 0.1) is 11.6 Å². The highest BCUT2D eigenvalue weighted by atomic mass is 32.1. The number of nitrogens with one attached hydrogen (secondary N) is 1. The van der Waals surface area contributed by atoms with Crippen molar-refractivity contribution in [3.05, 3.63) is 65.4 Å². The SMILES string of the molecule is C[C@H](OC(=O)Cc1csc(-c2cccnc2)n1)C(=O)Nc1ccc(F)c(F)c1. The molecule has 28 heavy (non-hydrogen) atoms. The average molecular weight is 403 g/mol. The predicted molar refractivity (Wildman–Crippen MR) is 99.6 cm³/mol. The lowest BCUT2D eigenvalue weighted by atomic mass is 10.2. The van der Waals surface area contributed by atoms with Crippen molar-refractivity contribution in [2.45, 2.75) is 19.4 Å². The fourth-order valence-corrected chi connectivity index (χ4v) is 3.08. The van der Waals surface area contributed by atoms with E-state index in [0.29, 0.717) is 5.69 Å². The van der Waals surface area contributed by atoms with Gasteiger partial charge < -0.3 is 10.1 Å². The smallest absolute Gasteiger partial charge is 0.312 e. The van der Waals surface area contributed by atoms with Crippen LogP contribution in [0.1, 0.15) is 12.6 Å². The van der Waals surface area contributed by atoms with Gasteiger partial charge in [-0.3, -0.25) is 14.6 Å². The van der Waals surface area contributed by atoms with Gasteiger partial charge in [-0.1, -0.05) is 0 Å². The van der Waals surface area contributed by atoms with E-state index in [0.717, 1.165) is 22.7 Å². The topological polar surface area (TPSA) is 81.2 Å². The van der Waals surface area contributed by atoms with Gasteiger partial charge in [-0.2, -0.15) is 0 Å². The second kappa shape index (κ2) is 8.66. The normalized spacial score (nSPS) is 11.7. The van der Waals surface area contributed by atoms with E-state index in [4.69, 9.17) is 4.74 Å². The van der Waals surface area contributed by atoms with Gasteiger partial charge in [-0.15, -0.1) is 11.3 Å². The predicted octanol–water partition coefficient (Wildman–Crippen LogP) is 3.60. The van der Waals surface area contributed by atoms with Crippen LogP contribution >= 0.6 is 11.3 Å². The molecule has 9 heteroatoms. The summed E-state index contributed by atoms with van der Waals surface area (Å²) in [5, 5.41) is 4.82. The van der Waals surface area contributed by atoms with Gasteiger partial charge >= 0.3 is 5.97 Å². The summed E-state index contributed by atoms with van der Waals surface area (Å²) in [6, 6.07) is 6.59. The maximum absolute atomic E-state index is 13.2. The average Bonchev–Trinajstić information content (AvgIpc) is 3.13. The number of carbonyl (C=O) groups is 2. The number of hydrogen-bond donors (Lipinski definition) is 1. The summed E-state index contributed by atoms with van der Waals surface area (Å²) in [7, 11) is 0. The fourth-order valence-electron chi connectivity index (χ4n) is 2.27. The standard InChI is InChI=1S/C19H15F2N3O3S/c1-11(18(26)23-13-4-5-15(20)16(21)7-13)27-17(25)8-14-10-28-19(24-14)12-3-2-6-22-9-12/h2-7,9-11H,8H2,1H3,(H,23,26)/t11-/m0/s1. The highest BCUT2D eigenvalue weighted by Crippen LogP contribution is 2.23. The van der Waals surface area contributed by atoms with E-state index in [9.17, 15) is 18.4 Å². The molecule has 1 N–H and O–H groups in total. The lowest BCUT2D eigenvalue weighted by molar-refractivity contribution is -0.152. The lowest BCUT2D eigenvalue weighted by Gasteiger charge is -2.13. The van der Waals surface area contributed by atoms with Gasteiger partial charge in [0.2, 0.25) is 0 Å². The number of aromatic nitrogens is 2. The molecule has 0 radical (unpaired) electrons. The molecule has 2 heterocycles. The van der Waals surface area contributed by atoms with Crippen LogP contribution < -0.4 is 5.32 Å². The fraction of sp³-hybridized carbons (Fsp3) is 0.158. The van der Waals surface area contributed by atoms with Gasteiger partial charge in [-0.05, 0) is 31.2 Å². The summed E-state index contributed by atoms with van der Waals surface area (Å²) in [5.41, 5.74) is 1.42. The summed E-state index contributed by atoms with van der Waals surface area (Å²) < 4.78 is 31.2. The third-order valence-corrected chi connectivity index (χ3v) is 4.59. The molecule has 0 fully saturated rings. The molecule has 0 aliphatic rings. The van der Waals surface area contributed by atoms with Gasteiger partial charge in [0.1, 0.15) is 5.01 Å². The molecule has 0 spiro atoms. The van der Waals surface area contributed by atoms with E-state index in [2.05, 4.69) is 15.3 Å². The molecule has 3 aromatic rings. The Balaban J connectivity index is 1.54. The first kappa shape index (κ1) is 19.6. The molecule has 0 saturated carbocycles. The highest BCUT2D eigenvalue weighted by Gasteiger charge is 2.19. The first-order valence-corrected chi connectivity index (χ1v) is 9.10. The highest BCUT2D eigenvalue weighted by molar-refractivity contribution is 7.13. The number of thiazole rings is 1. The van der Waals surface area contributed by atoms with Crippen molar-refractivity contribution in [1.82, 2.24) is 9.97 Å². The third-order valence-electron chi connectivity index (χ3n) is 3.65. The van der Waals surface area contributed by atoms with Gasteiger partial charge in [0.05, 0.1) is 12.1 Å². The Morgan fingerprint density at radius 2 is 2.07 bits per heavy atom. The molecular weight excluding hydrogens is 388 g/mol. The van der Waals surface area contributed by atoms with Gasteiger partial charge in [-0.25, -0.2) is 13.8 Å². The van der Waals surface area contributed by atoms with E-state index in [1.165, 1.54) is 24.3 Å². The number of anilines is 1. The summed E-state index contributed by atoms with van der Waals surface area (Å²) in [6.45, 7) is 1.38. The number of amides is 1. The van der Waals surface area contributed by atoms with Crippen molar-refractivity contribution >= 4 is 28.9 Å². The summed E-state index contributed by atoms with van der Waals surface area (Å²) >= 11 is 1.37. The minimum absolute atomic E-state index is 0.0624. The Hall–Kier alpha value is -3.20. The number of nitrogens with zero attached hydrogens (tertiary/aromatic N) is 2. The molecule has 0 bridgehead atoms. The first-order valence-electron chi connectivity index (χ1n) is 8.22. The number of esters is 1. The number of pyridine rings is 1. The molecule has 6 nitrogen and oxygen atoms in total. The van der Waals surface area contributed by atoms with E-state index in [1.807, 2.05) is 6.07 Å². The Morgan fingerprint density at radius 1 is 1.25 bits per heavy atom. The second-order valence-electron chi connectivity index (χ2n) is 5.81. The molecule has 2 aromatic heterocycles. The first-order chi connectivity index (χ1) is 13.4. The van der Waals surface area contributed by atoms with Crippen LogP contribution in [0.4, 0.5) is 14.5 Å². The van der Waals surface area contributed by atoms with Crippen LogP contribution in [0.2, 0.25) is 0 Å². The van der Waals surface area contributed by atoms with Crippen molar-refractivity contribution in [1.29, 1.82) is 0 Å². The number of benzene rings is 1.